The van der Waals surface area contributed by atoms with Crippen molar-refractivity contribution in [1.29, 1.82) is 0 Å². The zero-order valence-corrected chi connectivity index (χ0v) is 22.9. The lowest BCUT2D eigenvalue weighted by molar-refractivity contribution is 0.355. The van der Waals surface area contributed by atoms with Crippen molar-refractivity contribution in [3.8, 4) is 0 Å². The average molecular weight is 523 g/mol. The first-order valence-corrected chi connectivity index (χ1v) is 14.9. The van der Waals surface area contributed by atoms with Crippen LogP contribution in [-0.2, 0) is 20.2 Å². The number of nitrogens with zero attached hydrogens (tertiary/aromatic N) is 3. The van der Waals surface area contributed by atoms with Gasteiger partial charge in [0.05, 0.1) is 0 Å². The molecule has 3 rings (SSSR count). The lowest BCUT2D eigenvalue weighted by Crippen LogP contribution is -2.51. The molecule has 0 aliphatic carbocycles. The first-order chi connectivity index (χ1) is 16.4. The number of rotatable bonds is 10. The van der Waals surface area contributed by atoms with Gasteiger partial charge in [0.15, 0.2) is 0 Å². The summed E-state index contributed by atoms with van der Waals surface area (Å²) in [6.07, 6.45) is 0.542. The summed E-state index contributed by atoms with van der Waals surface area (Å²) in [5, 5.41) is -0.611. The molecule has 1 unspecified atom stereocenters. The maximum atomic E-state index is 13.3. The molecule has 35 heavy (non-hydrogen) atoms. The third-order valence-corrected chi connectivity index (χ3v) is 10.2. The van der Waals surface area contributed by atoms with Crippen LogP contribution < -0.4 is 9.62 Å². The molecule has 1 aliphatic rings. The van der Waals surface area contributed by atoms with E-state index < -0.39 is 25.5 Å². The Labute approximate surface area is 211 Å². The molecular weight excluding hydrogens is 484 g/mol. The van der Waals surface area contributed by atoms with Crippen LogP contribution in [0.3, 0.4) is 0 Å². The molecule has 194 valence electrons. The highest BCUT2D eigenvalue weighted by Gasteiger charge is 2.30. The van der Waals surface area contributed by atoms with E-state index >= 15 is 0 Å². The normalized spacial score (nSPS) is 17.6. The van der Waals surface area contributed by atoms with Crippen LogP contribution in [0.25, 0.3) is 0 Å². The summed E-state index contributed by atoms with van der Waals surface area (Å²) in [5.74, 6) is 0.236. The number of piperazine rings is 1. The van der Waals surface area contributed by atoms with Crippen molar-refractivity contribution in [3.63, 3.8) is 0 Å². The quantitative estimate of drug-likeness (QED) is 0.517. The third kappa shape index (κ3) is 6.83. The van der Waals surface area contributed by atoms with Gasteiger partial charge in [0.25, 0.3) is 10.2 Å². The predicted molar refractivity (Wildman–Crippen MR) is 142 cm³/mol. The Balaban J connectivity index is 1.67. The SMILES string of the molecule is CC(C)C[C@@H](c1ccccc1)S(=O)(=O)NC(C)c1ccc(N2CCN(S(=O)(=O)N(C)C)CC2)cc1. The monoisotopic (exact) mass is 522 g/mol. The molecule has 0 aromatic heterocycles. The van der Waals surface area contributed by atoms with E-state index in [9.17, 15) is 16.8 Å². The van der Waals surface area contributed by atoms with Crippen LogP contribution in [0.4, 0.5) is 5.69 Å². The first-order valence-electron chi connectivity index (χ1n) is 12.0. The van der Waals surface area contributed by atoms with E-state index in [1.54, 1.807) is 14.1 Å². The minimum atomic E-state index is -3.60. The van der Waals surface area contributed by atoms with Crippen LogP contribution in [0.15, 0.2) is 54.6 Å². The fourth-order valence-corrected chi connectivity index (χ4v) is 7.35. The Hall–Kier alpha value is -1.98. The van der Waals surface area contributed by atoms with Crippen LogP contribution in [-0.4, -0.2) is 65.7 Å². The third-order valence-electron chi connectivity index (χ3n) is 6.36. The summed E-state index contributed by atoms with van der Waals surface area (Å²) in [4.78, 5) is 2.15. The van der Waals surface area contributed by atoms with Crippen molar-refractivity contribution in [2.75, 3.05) is 45.2 Å². The van der Waals surface area contributed by atoms with E-state index in [1.165, 1.54) is 8.61 Å². The zero-order valence-electron chi connectivity index (χ0n) is 21.3. The van der Waals surface area contributed by atoms with Gasteiger partial charge >= 0.3 is 0 Å². The van der Waals surface area contributed by atoms with Gasteiger partial charge in [-0.25, -0.2) is 13.1 Å². The van der Waals surface area contributed by atoms with E-state index in [0.717, 1.165) is 16.8 Å². The van der Waals surface area contributed by atoms with E-state index in [2.05, 4.69) is 9.62 Å². The molecule has 2 aromatic carbocycles. The molecule has 1 saturated heterocycles. The average Bonchev–Trinajstić information content (AvgIpc) is 2.82. The topological polar surface area (TPSA) is 90.0 Å². The largest absolute Gasteiger partial charge is 0.369 e. The zero-order chi connectivity index (χ0) is 25.8. The summed E-state index contributed by atoms with van der Waals surface area (Å²) < 4.78 is 57.0. The van der Waals surface area contributed by atoms with Crippen LogP contribution in [0.1, 0.15) is 49.6 Å². The Morgan fingerprint density at radius 1 is 0.829 bits per heavy atom. The Morgan fingerprint density at radius 3 is 1.91 bits per heavy atom. The van der Waals surface area contributed by atoms with Crippen LogP contribution in [0, 0.1) is 5.92 Å². The van der Waals surface area contributed by atoms with Gasteiger partial charge in [-0.15, -0.1) is 0 Å². The second-order valence-electron chi connectivity index (χ2n) is 9.68. The molecule has 10 heteroatoms. The Kier molecular flexibility index (Phi) is 8.98. The molecule has 1 fully saturated rings. The smallest absolute Gasteiger partial charge is 0.281 e. The molecule has 1 aliphatic heterocycles. The van der Waals surface area contributed by atoms with Crippen molar-refractivity contribution in [2.24, 2.45) is 5.92 Å². The molecule has 0 bridgehead atoms. The summed E-state index contributed by atoms with van der Waals surface area (Å²) in [6, 6.07) is 16.8. The lowest BCUT2D eigenvalue weighted by Gasteiger charge is -2.36. The fraction of sp³-hybridized carbons (Fsp3) is 0.520. The van der Waals surface area contributed by atoms with Crippen LogP contribution in [0.5, 0.6) is 0 Å². The van der Waals surface area contributed by atoms with Crippen molar-refractivity contribution in [3.05, 3.63) is 65.7 Å². The second kappa shape index (κ2) is 11.4. The molecule has 8 nitrogen and oxygen atoms in total. The van der Waals surface area contributed by atoms with Crippen LogP contribution >= 0.6 is 0 Å². The molecule has 0 amide bonds. The maximum absolute atomic E-state index is 13.3. The highest BCUT2D eigenvalue weighted by molar-refractivity contribution is 7.89. The summed E-state index contributed by atoms with van der Waals surface area (Å²) in [5.41, 5.74) is 2.67. The minimum Gasteiger partial charge on any atom is -0.369 e. The number of anilines is 1. The highest BCUT2D eigenvalue weighted by atomic mass is 32.2. The van der Waals surface area contributed by atoms with E-state index in [1.807, 2.05) is 75.4 Å². The lowest BCUT2D eigenvalue weighted by atomic mass is 10.0. The molecule has 0 radical (unpaired) electrons. The Bertz CT molecular complexity index is 1160. The molecule has 0 saturated carbocycles. The van der Waals surface area contributed by atoms with Gasteiger partial charge in [-0.05, 0) is 42.5 Å². The van der Waals surface area contributed by atoms with E-state index in [4.69, 9.17) is 0 Å². The minimum absolute atomic E-state index is 0.236. The Morgan fingerprint density at radius 2 is 1.40 bits per heavy atom. The van der Waals surface area contributed by atoms with Gasteiger partial charge in [-0.3, -0.25) is 0 Å². The predicted octanol–water partition coefficient (Wildman–Crippen LogP) is 3.38. The van der Waals surface area contributed by atoms with Gasteiger partial charge in [0.1, 0.15) is 5.25 Å². The number of hydrogen-bond donors (Lipinski definition) is 1. The van der Waals surface area contributed by atoms with Crippen molar-refractivity contribution < 1.29 is 16.8 Å². The molecule has 1 heterocycles. The standard InChI is InChI=1S/C25H38N4O4S2/c1-20(2)19-25(23-9-7-6-8-10-23)34(30,31)26-21(3)22-11-13-24(14-12-22)28-15-17-29(18-16-28)35(32,33)27(4)5/h6-14,20-21,25-26H,15-19H2,1-5H3/t21?,25-/m0/s1. The van der Waals surface area contributed by atoms with Gasteiger partial charge in [-0.1, -0.05) is 56.3 Å². The second-order valence-corrected chi connectivity index (χ2v) is 13.7. The van der Waals surface area contributed by atoms with Crippen LogP contribution in [0.2, 0.25) is 0 Å². The van der Waals surface area contributed by atoms with Gasteiger partial charge in [0, 0.05) is 52.0 Å². The number of sulfonamides is 1. The van der Waals surface area contributed by atoms with Gasteiger partial charge in [-0.2, -0.15) is 17.0 Å². The fourth-order valence-electron chi connectivity index (χ4n) is 4.32. The number of hydrogen-bond acceptors (Lipinski definition) is 5. The molecule has 2 aromatic rings. The number of nitrogens with one attached hydrogen (secondary N) is 1. The first kappa shape index (κ1) is 27.6. The molecule has 0 spiro atoms. The summed E-state index contributed by atoms with van der Waals surface area (Å²) in [6.45, 7) is 7.97. The summed E-state index contributed by atoms with van der Waals surface area (Å²) in [7, 11) is -3.92. The molecular formula is C25H38N4O4S2. The van der Waals surface area contributed by atoms with E-state index in [-0.39, 0.29) is 12.0 Å². The molecule has 1 N–H and O–H groups in total. The molecule has 2 atom stereocenters. The summed E-state index contributed by atoms with van der Waals surface area (Å²) >= 11 is 0. The van der Waals surface area contributed by atoms with E-state index in [0.29, 0.717) is 32.6 Å². The van der Waals surface area contributed by atoms with Gasteiger partial charge < -0.3 is 4.90 Å². The maximum Gasteiger partial charge on any atom is 0.281 e. The van der Waals surface area contributed by atoms with Crippen molar-refractivity contribution in [1.82, 2.24) is 13.3 Å². The van der Waals surface area contributed by atoms with Gasteiger partial charge in [0.2, 0.25) is 10.0 Å². The highest BCUT2D eigenvalue weighted by Crippen LogP contribution is 2.30. The van der Waals surface area contributed by atoms with Crippen molar-refractivity contribution in [2.45, 2.75) is 38.5 Å². The number of benzene rings is 2. The van der Waals surface area contributed by atoms with Crippen molar-refractivity contribution >= 4 is 25.9 Å².